The second kappa shape index (κ2) is 5.47. The minimum absolute atomic E-state index is 0.0172. The summed E-state index contributed by atoms with van der Waals surface area (Å²) in [5.74, 6) is 0.624. The molecule has 0 radical (unpaired) electrons. The van der Waals surface area contributed by atoms with E-state index in [-0.39, 0.29) is 17.4 Å². The van der Waals surface area contributed by atoms with Crippen LogP contribution in [0.4, 0.5) is 0 Å². The van der Waals surface area contributed by atoms with Crippen molar-refractivity contribution < 1.29 is 4.42 Å². The minimum Gasteiger partial charge on any atom is -0.460 e. The van der Waals surface area contributed by atoms with Crippen molar-refractivity contribution in [2.75, 3.05) is 6.54 Å². The average Bonchev–Trinajstić information content (AvgIpc) is 3.05. The molecule has 1 aromatic heterocycles. The van der Waals surface area contributed by atoms with Crippen molar-refractivity contribution in [3.63, 3.8) is 0 Å². The lowest BCUT2D eigenvalue weighted by Crippen LogP contribution is -2.11. The van der Waals surface area contributed by atoms with Gasteiger partial charge in [0, 0.05) is 6.07 Å². The molecule has 2 heterocycles. The van der Waals surface area contributed by atoms with E-state index in [0.29, 0.717) is 23.3 Å². The topological polar surface area (TPSA) is 54.9 Å². The van der Waals surface area contributed by atoms with Crippen LogP contribution >= 0.6 is 0 Å². The van der Waals surface area contributed by atoms with Crippen molar-refractivity contribution in [1.82, 2.24) is 0 Å². The summed E-state index contributed by atoms with van der Waals surface area (Å²) in [7, 11) is 0. The number of rotatable bonds is 2. The first-order valence-corrected chi connectivity index (χ1v) is 7.68. The van der Waals surface area contributed by atoms with Gasteiger partial charge < -0.3 is 4.42 Å². The third-order valence-corrected chi connectivity index (χ3v) is 4.30. The van der Waals surface area contributed by atoms with Crippen LogP contribution < -0.4 is 5.43 Å². The molecule has 4 nitrogen and oxygen atoms in total. The normalized spacial score (nSPS) is 20.2. The first-order chi connectivity index (χ1) is 11.2. The molecule has 0 N–H and O–H groups in total. The lowest BCUT2D eigenvalue weighted by Gasteiger charge is -2.16. The number of benzene rings is 2. The Morgan fingerprint density at radius 3 is 2.70 bits per heavy atom. The number of fused-ring (bicyclic) bond motifs is 1. The molecule has 1 aliphatic heterocycles. The van der Waals surface area contributed by atoms with Gasteiger partial charge in [-0.3, -0.25) is 4.79 Å². The Bertz CT molecular complexity index is 941. The Hall–Kier alpha value is -2.75. The molecule has 2 aromatic carbocycles. The third-order valence-electron chi connectivity index (χ3n) is 4.30. The molecule has 3 aromatic rings. The van der Waals surface area contributed by atoms with Gasteiger partial charge in [0.25, 0.3) is 0 Å². The van der Waals surface area contributed by atoms with Crippen LogP contribution in [-0.4, -0.2) is 6.54 Å². The van der Waals surface area contributed by atoms with Gasteiger partial charge in [0.1, 0.15) is 17.4 Å². The van der Waals surface area contributed by atoms with Crippen LogP contribution in [0.2, 0.25) is 0 Å². The highest BCUT2D eigenvalue weighted by molar-refractivity contribution is 5.76. The highest BCUT2D eigenvalue weighted by atomic mass is 16.3. The van der Waals surface area contributed by atoms with Crippen LogP contribution in [0.5, 0.6) is 0 Å². The van der Waals surface area contributed by atoms with E-state index in [1.54, 1.807) is 12.1 Å². The van der Waals surface area contributed by atoms with Crippen LogP contribution in [0.1, 0.15) is 28.8 Å². The molecule has 23 heavy (non-hydrogen) atoms. The molecule has 0 saturated heterocycles. The van der Waals surface area contributed by atoms with Crippen LogP contribution in [0.25, 0.3) is 11.0 Å². The molecule has 0 saturated carbocycles. The monoisotopic (exact) mass is 304 g/mol. The van der Waals surface area contributed by atoms with Gasteiger partial charge in [0.2, 0.25) is 0 Å². The second-order valence-corrected chi connectivity index (χ2v) is 5.91. The number of nitrogens with zero attached hydrogens (tertiary/aromatic N) is 2. The van der Waals surface area contributed by atoms with Gasteiger partial charge in [-0.05, 0) is 24.6 Å². The number of azo groups is 1. The third kappa shape index (κ3) is 2.46. The van der Waals surface area contributed by atoms with E-state index >= 15 is 0 Å². The fraction of sp³-hybridized carbons (Fsp3) is 0.211. The molecule has 1 aliphatic rings. The van der Waals surface area contributed by atoms with E-state index in [1.165, 1.54) is 5.56 Å². The summed E-state index contributed by atoms with van der Waals surface area (Å²) in [6.45, 7) is 2.60. The molecule has 0 amide bonds. The Balaban J connectivity index is 1.77. The van der Waals surface area contributed by atoms with E-state index in [1.807, 2.05) is 18.2 Å². The number of para-hydroxylation sites is 1. The molecule has 0 spiro atoms. The standard InChI is InChI=1S/C19H16N2O2/c1-12-6-8-13(9-7-12)19-15(11-20-21-19)18-10-16(22)14-4-2-3-5-17(14)23-18/h2-10,15,19H,11H2,1H3/t15-,19-/m1/s1. The van der Waals surface area contributed by atoms with Crippen LogP contribution in [0, 0.1) is 6.92 Å². The molecule has 0 fully saturated rings. The molecule has 0 unspecified atom stereocenters. The molecule has 2 atom stereocenters. The predicted molar refractivity (Wildman–Crippen MR) is 88.9 cm³/mol. The first kappa shape index (κ1) is 13.9. The maximum atomic E-state index is 12.3. The van der Waals surface area contributed by atoms with E-state index in [0.717, 1.165) is 5.56 Å². The smallest absolute Gasteiger partial charge is 0.192 e. The number of hydrogen-bond acceptors (Lipinski definition) is 4. The van der Waals surface area contributed by atoms with Crippen molar-refractivity contribution in [3.8, 4) is 0 Å². The van der Waals surface area contributed by atoms with E-state index < -0.39 is 0 Å². The molecule has 4 rings (SSSR count). The minimum atomic E-state index is -0.0973. The Kier molecular flexibility index (Phi) is 3.30. The van der Waals surface area contributed by atoms with Crippen molar-refractivity contribution in [2.24, 2.45) is 10.2 Å². The highest BCUT2D eigenvalue weighted by Crippen LogP contribution is 2.39. The molecule has 4 heteroatoms. The van der Waals surface area contributed by atoms with Gasteiger partial charge in [-0.1, -0.05) is 42.0 Å². The summed E-state index contributed by atoms with van der Waals surface area (Å²) in [5.41, 5.74) is 2.90. The molecule has 0 aliphatic carbocycles. The van der Waals surface area contributed by atoms with Gasteiger partial charge in [-0.15, -0.1) is 0 Å². The fourth-order valence-electron chi connectivity index (χ4n) is 3.02. The highest BCUT2D eigenvalue weighted by Gasteiger charge is 2.31. The van der Waals surface area contributed by atoms with Gasteiger partial charge >= 0.3 is 0 Å². The zero-order chi connectivity index (χ0) is 15.8. The quantitative estimate of drug-likeness (QED) is 0.705. The maximum Gasteiger partial charge on any atom is 0.192 e. The van der Waals surface area contributed by atoms with Gasteiger partial charge in [-0.25, -0.2) is 0 Å². The Morgan fingerprint density at radius 1 is 1.09 bits per heavy atom. The molecular weight excluding hydrogens is 288 g/mol. The van der Waals surface area contributed by atoms with Crippen molar-refractivity contribution in [1.29, 1.82) is 0 Å². The molecule has 114 valence electrons. The summed E-state index contributed by atoms with van der Waals surface area (Å²) in [4.78, 5) is 12.3. The van der Waals surface area contributed by atoms with Crippen molar-refractivity contribution >= 4 is 11.0 Å². The largest absolute Gasteiger partial charge is 0.460 e. The van der Waals surface area contributed by atoms with Crippen molar-refractivity contribution in [2.45, 2.75) is 18.9 Å². The predicted octanol–water partition coefficient (Wildman–Crippen LogP) is 4.39. The summed E-state index contributed by atoms with van der Waals surface area (Å²) in [6.07, 6.45) is 0. The Labute approximate surface area is 133 Å². The molecular formula is C19H16N2O2. The average molecular weight is 304 g/mol. The zero-order valence-electron chi connectivity index (χ0n) is 12.8. The lowest BCUT2D eigenvalue weighted by atomic mass is 9.91. The van der Waals surface area contributed by atoms with Crippen molar-refractivity contribution in [3.05, 3.63) is 81.7 Å². The lowest BCUT2D eigenvalue weighted by molar-refractivity contribution is 0.465. The van der Waals surface area contributed by atoms with Crippen LogP contribution in [0.15, 0.2) is 74.0 Å². The number of aryl methyl sites for hydroxylation is 1. The van der Waals surface area contributed by atoms with Gasteiger partial charge in [-0.2, -0.15) is 10.2 Å². The summed E-state index contributed by atoms with van der Waals surface area (Å²) in [5, 5.41) is 9.17. The zero-order valence-corrected chi connectivity index (χ0v) is 12.8. The van der Waals surface area contributed by atoms with E-state index in [4.69, 9.17) is 4.42 Å². The number of hydrogen-bond donors (Lipinski definition) is 0. The summed E-state index contributed by atoms with van der Waals surface area (Å²) < 4.78 is 5.98. The summed E-state index contributed by atoms with van der Waals surface area (Å²) in [6, 6.07) is 17.1. The van der Waals surface area contributed by atoms with Crippen LogP contribution in [0.3, 0.4) is 0 Å². The maximum absolute atomic E-state index is 12.3. The van der Waals surface area contributed by atoms with Gasteiger partial charge in [0.05, 0.1) is 17.8 Å². The SMILES string of the molecule is Cc1ccc([C@H]2N=NC[C@@H]2c2cc(=O)c3ccccc3o2)cc1. The van der Waals surface area contributed by atoms with E-state index in [2.05, 4.69) is 41.4 Å². The second-order valence-electron chi connectivity index (χ2n) is 5.91. The Morgan fingerprint density at radius 2 is 1.87 bits per heavy atom. The fourth-order valence-corrected chi connectivity index (χ4v) is 3.02. The molecule has 0 bridgehead atoms. The van der Waals surface area contributed by atoms with Crippen LogP contribution in [-0.2, 0) is 0 Å². The van der Waals surface area contributed by atoms with Gasteiger partial charge in [0.15, 0.2) is 5.43 Å². The van der Waals surface area contributed by atoms with E-state index in [9.17, 15) is 4.79 Å². The summed E-state index contributed by atoms with van der Waals surface area (Å²) >= 11 is 0. The first-order valence-electron chi connectivity index (χ1n) is 7.68.